The van der Waals surface area contributed by atoms with Gasteiger partial charge < -0.3 is 10.1 Å². The molecule has 1 aliphatic rings. The average molecular weight is 377 g/mol. The van der Waals surface area contributed by atoms with E-state index in [-0.39, 0.29) is 22.7 Å². The summed E-state index contributed by atoms with van der Waals surface area (Å²) in [6.45, 7) is 1.52. The Labute approximate surface area is 143 Å². The van der Waals surface area contributed by atoms with Crippen LogP contribution in [0.1, 0.15) is 18.4 Å². The van der Waals surface area contributed by atoms with Crippen molar-refractivity contribution in [3.63, 3.8) is 0 Å². The molecule has 0 aliphatic carbocycles. The second-order valence-corrected chi connectivity index (χ2v) is 10.2. The Morgan fingerprint density at radius 1 is 1.21 bits per heavy atom. The van der Waals surface area contributed by atoms with Gasteiger partial charge in [0.05, 0.1) is 22.8 Å². The Bertz CT molecular complexity index is 752. The van der Waals surface area contributed by atoms with E-state index < -0.39 is 19.9 Å². The number of nitrogens with one attached hydrogen (secondary N) is 2. The van der Waals surface area contributed by atoms with E-state index in [1.165, 1.54) is 24.3 Å². The lowest BCUT2D eigenvalue weighted by molar-refractivity contribution is 0.122. The Kier molecular flexibility index (Phi) is 6.03. The molecule has 1 unspecified atom stereocenters. The smallest absolute Gasteiger partial charge is 0.240 e. The number of ether oxygens (including phenoxy) is 1. The minimum Gasteiger partial charge on any atom is -0.383 e. The van der Waals surface area contributed by atoms with Crippen molar-refractivity contribution in [2.24, 2.45) is 0 Å². The highest BCUT2D eigenvalue weighted by molar-refractivity contribution is 7.90. The van der Waals surface area contributed by atoms with Crippen LogP contribution in [0.5, 0.6) is 0 Å². The molecule has 1 atom stereocenters. The molecule has 7 nitrogen and oxygen atoms in total. The zero-order valence-electron chi connectivity index (χ0n) is 13.9. The van der Waals surface area contributed by atoms with Gasteiger partial charge in [-0.15, -0.1) is 0 Å². The SMILES string of the molecule is COCC1(CNS(=O)(=O)c2ccc(CS(C)(=O)=O)cc2)CCCN1. The van der Waals surface area contributed by atoms with Crippen molar-refractivity contribution in [2.75, 3.05) is 33.1 Å². The Hall–Kier alpha value is -1.00. The number of benzene rings is 1. The maximum absolute atomic E-state index is 12.4. The van der Waals surface area contributed by atoms with Crippen molar-refractivity contribution in [2.45, 2.75) is 29.0 Å². The number of rotatable bonds is 8. The molecule has 24 heavy (non-hydrogen) atoms. The first-order valence-corrected chi connectivity index (χ1v) is 11.2. The zero-order valence-corrected chi connectivity index (χ0v) is 15.5. The molecule has 0 bridgehead atoms. The summed E-state index contributed by atoms with van der Waals surface area (Å²) in [7, 11) is -5.21. The quantitative estimate of drug-likeness (QED) is 0.676. The van der Waals surface area contributed by atoms with Crippen LogP contribution in [0.25, 0.3) is 0 Å². The Balaban J connectivity index is 2.07. The van der Waals surface area contributed by atoms with Gasteiger partial charge in [-0.1, -0.05) is 12.1 Å². The van der Waals surface area contributed by atoms with E-state index in [0.29, 0.717) is 12.2 Å². The van der Waals surface area contributed by atoms with Crippen LogP contribution in [0.4, 0.5) is 0 Å². The molecule has 0 amide bonds. The molecule has 1 saturated heterocycles. The highest BCUT2D eigenvalue weighted by Crippen LogP contribution is 2.20. The van der Waals surface area contributed by atoms with Crippen LogP contribution >= 0.6 is 0 Å². The molecule has 2 rings (SSSR count). The minimum atomic E-state index is -3.66. The molecule has 136 valence electrons. The molecule has 1 heterocycles. The summed E-state index contributed by atoms with van der Waals surface area (Å²) >= 11 is 0. The third kappa shape index (κ3) is 5.25. The van der Waals surface area contributed by atoms with Crippen molar-refractivity contribution in [3.8, 4) is 0 Å². The standard InChI is InChI=1S/C15H24N2O5S2/c1-22-12-15(8-3-9-16-15)11-17-24(20,21)14-6-4-13(5-7-14)10-23(2,18)19/h4-7,16-17H,3,8-12H2,1-2H3. The first kappa shape index (κ1) is 19.3. The van der Waals surface area contributed by atoms with Crippen molar-refractivity contribution in [1.82, 2.24) is 10.0 Å². The van der Waals surface area contributed by atoms with Crippen LogP contribution in [0.3, 0.4) is 0 Å². The van der Waals surface area contributed by atoms with Crippen LogP contribution in [0, 0.1) is 0 Å². The van der Waals surface area contributed by atoms with Gasteiger partial charge in [0, 0.05) is 19.9 Å². The predicted molar refractivity (Wildman–Crippen MR) is 92.0 cm³/mol. The van der Waals surface area contributed by atoms with E-state index in [0.717, 1.165) is 25.6 Å². The van der Waals surface area contributed by atoms with Gasteiger partial charge in [0.25, 0.3) is 0 Å². The van der Waals surface area contributed by atoms with Crippen LogP contribution in [0.15, 0.2) is 29.2 Å². The lowest BCUT2D eigenvalue weighted by atomic mass is 9.99. The fourth-order valence-corrected chi connectivity index (χ4v) is 4.78. The molecule has 0 aromatic heterocycles. The second kappa shape index (κ2) is 7.49. The van der Waals surface area contributed by atoms with Gasteiger partial charge in [-0.3, -0.25) is 0 Å². The highest BCUT2D eigenvalue weighted by Gasteiger charge is 2.34. The largest absolute Gasteiger partial charge is 0.383 e. The van der Waals surface area contributed by atoms with E-state index in [4.69, 9.17) is 4.74 Å². The minimum absolute atomic E-state index is 0.109. The third-order valence-corrected chi connectivity index (χ3v) is 6.29. The van der Waals surface area contributed by atoms with Gasteiger partial charge in [0.2, 0.25) is 10.0 Å². The van der Waals surface area contributed by atoms with Crippen LogP contribution in [-0.4, -0.2) is 55.4 Å². The predicted octanol–water partition coefficient (Wildman–Crippen LogP) is 0.278. The van der Waals surface area contributed by atoms with E-state index in [2.05, 4.69) is 10.0 Å². The highest BCUT2D eigenvalue weighted by atomic mass is 32.2. The molecule has 1 fully saturated rings. The third-order valence-electron chi connectivity index (χ3n) is 4.02. The van der Waals surface area contributed by atoms with Gasteiger partial charge in [-0.25, -0.2) is 21.6 Å². The van der Waals surface area contributed by atoms with E-state index in [9.17, 15) is 16.8 Å². The topological polar surface area (TPSA) is 102 Å². The van der Waals surface area contributed by atoms with Crippen LogP contribution in [0.2, 0.25) is 0 Å². The summed E-state index contributed by atoms with van der Waals surface area (Å²) in [5.74, 6) is -0.109. The maximum Gasteiger partial charge on any atom is 0.240 e. The van der Waals surface area contributed by atoms with Crippen molar-refractivity contribution in [1.29, 1.82) is 0 Å². The first-order chi connectivity index (χ1) is 11.2. The average Bonchev–Trinajstić information content (AvgIpc) is 2.94. The fourth-order valence-electron chi connectivity index (χ4n) is 2.85. The molecule has 1 aliphatic heterocycles. The van der Waals surface area contributed by atoms with Crippen molar-refractivity contribution >= 4 is 19.9 Å². The Morgan fingerprint density at radius 3 is 2.38 bits per heavy atom. The maximum atomic E-state index is 12.4. The number of hydrogen-bond acceptors (Lipinski definition) is 6. The molecular formula is C15H24N2O5S2. The van der Waals surface area contributed by atoms with Crippen LogP contribution in [-0.2, 0) is 30.4 Å². The Morgan fingerprint density at radius 2 is 1.88 bits per heavy atom. The number of hydrogen-bond donors (Lipinski definition) is 2. The molecule has 1 aromatic rings. The molecule has 9 heteroatoms. The van der Waals surface area contributed by atoms with E-state index >= 15 is 0 Å². The van der Waals surface area contributed by atoms with Gasteiger partial charge in [0.15, 0.2) is 9.84 Å². The first-order valence-electron chi connectivity index (χ1n) is 7.66. The van der Waals surface area contributed by atoms with Crippen LogP contribution < -0.4 is 10.0 Å². The summed E-state index contributed by atoms with van der Waals surface area (Å²) in [6, 6.07) is 5.89. The lowest BCUT2D eigenvalue weighted by Gasteiger charge is -2.28. The molecular weight excluding hydrogens is 352 g/mol. The van der Waals surface area contributed by atoms with Gasteiger partial charge in [-0.05, 0) is 37.1 Å². The van der Waals surface area contributed by atoms with Gasteiger partial charge in [-0.2, -0.15) is 0 Å². The fraction of sp³-hybridized carbons (Fsp3) is 0.600. The van der Waals surface area contributed by atoms with Gasteiger partial charge >= 0.3 is 0 Å². The number of sulfone groups is 1. The normalized spacial score (nSPS) is 21.9. The summed E-state index contributed by atoms with van der Waals surface area (Å²) in [5, 5.41) is 3.31. The van der Waals surface area contributed by atoms with E-state index in [1.54, 1.807) is 7.11 Å². The summed E-state index contributed by atoms with van der Waals surface area (Å²) in [4.78, 5) is 0.116. The van der Waals surface area contributed by atoms with E-state index in [1.807, 2.05) is 0 Å². The molecule has 1 aromatic carbocycles. The number of sulfonamides is 1. The second-order valence-electron chi connectivity index (χ2n) is 6.28. The molecule has 0 radical (unpaired) electrons. The molecule has 0 spiro atoms. The van der Waals surface area contributed by atoms with Crippen molar-refractivity contribution in [3.05, 3.63) is 29.8 Å². The monoisotopic (exact) mass is 376 g/mol. The summed E-state index contributed by atoms with van der Waals surface area (Å²) in [5.41, 5.74) is 0.183. The summed E-state index contributed by atoms with van der Waals surface area (Å²) in [6.07, 6.45) is 2.96. The molecule has 2 N–H and O–H groups in total. The summed E-state index contributed by atoms with van der Waals surface area (Å²) < 4.78 is 55.3. The lowest BCUT2D eigenvalue weighted by Crippen LogP contribution is -2.52. The number of methoxy groups -OCH3 is 1. The zero-order chi connectivity index (χ0) is 17.8. The van der Waals surface area contributed by atoms with Crippen molar-refractivity contribution < 1.29 is 21.6 Å². The van der Waals surface area contributed by atoms with Gasteiger partial charge in [0.1, 0.15) is 0 Å². The molecule has 0 saturated carbocycles.